The summed E-state index contributed by atoms with van der Waals surface area (Å²) in [5, 5.41) is 8.92. The molecule has 0 spiro atoms. The van der Waals surface area contributed by atoms with Crippen LogP contribution < -0.4 is 16.0 Å². The van der Waals surface area contributed by atoms with Crippen LogP contribution >= 0.6 is 0 Å². The summed E-state index contributed by atoms with van der Waals surface area (Å²) in [7, 11) is 0. The van der Waals surface area contributed by atoms with Gasteiger partial charge in [0.25, 0.3) is 5.91 Å². The molecule has 3 N–H and O–H groups in total. The van der Waals surface area contributed by atoms with E-state index in [0.717, 1.165) is 24.8 Å². The Morgan fingerprint density at radius 1 is 1.03 bits per heavy atom. The molecular weight excluding hydrogens is 404 g/mol. The Labute approximate surface area is 189 Å². The number of nitrogens with zero attached hydrogens (tertiary/aromatic N) is 1. The first kappa shape index (κ1) is 23.4. The van der Waals surface area contributed by atoms with Gasteiger partial charge in [-0.2, -0.15) is 0 Å². The van der Waals surface area contributed by atoms with Crippen LogP contribution in [-0.2, 0) is 16.0 Å². The number of pyridine rings is 1. The standard InChI is InChI=1S/C25H32N4O3/c1-17(2)27-23(30)19-10-6-12-21(15-19)28-25(32)22(14-18-8-4-3-5-9-18)29-24(31)20-11-7-13-26-16-20/h3-5,7-9,11,13,16-17,19,21-22H,6,10,12,14-15H2,1-2H3,(H,27,30)(H,28,32)(H,29,31). The summed E-state index contributed by atoms with van der Waals surface area (Å²) in [6.45, 7) is 3.89. The van der Waals surface area contributed by atoms with E-state index in [9.17, 15) is 14.4 Å². The van der Waals surface area contributed by atoms with E-state index >= 15 is 0 Å². The Kier molecular flexibility index (Phi) is 8.36. The number of hydrogen-bond acceptors (Lipinski definition) is 4. The van der Waals surface area contributed by atoms with Crippen LogP contribution in [0.25, 0.3) is 0 Å². The zero-order valence-electron chi connectivity index (χ0n) is 18.7. The second kappa shape index (κ2) is 11.4. The molecule has 0 radical (unpaired) electrons. The molecule has 32 heavy (non-hydrogen) atoms. The predicted molar refractivity (Wildman–Crippen MR) is 123 cm³/mol. The molecule has 3 atom stereocenters. The third-order valence-electron chi connectivity index (χ3n) is 5.65. The minimum absolute atomic E-state index is 0.0460. The predicted octanol–water partition coefficient (Wildman–Crippen LogP) is 2.62. The second-order valence-corrected chi connectivity index (χ2v) is 8.69. The summed E-state index contributed by atoms with van der Waals surface area (Å²) < 4.78 is 0. The Balaban J connectivity index is 1.67. The first-order chi connectivity index (χ1) is 15.4. The van der Waals surface area contributed by atoms with Crippen LogP contribution in [-0.4, -0.2) is 40.8 Å². The van der Waals surface area contributed by atoms with Gasteiger partial charge in [0.15, 0.2) is 0 Å². The highest BCUT2D eigenvalue weighted by Gasteiger charge is 2.30. The Bertz CT molecular complexity index is 902. The molecule has 2 aromatic rings. The van der Waals surface area contributed by atoms with Crippen molar-refractivity contribution < 1.29 is 14.4 Å². The molecule has 1 fully saturated rings. The number of carbonyl (C=O) groups excluding carboxylic acids is 3. The number of amides is 3. The first-order valence-corrected chi connectivity index (χ1v) is 11.3. The van der Waals surface area contributed by atoms with E-state index in [4.69, 9.17) is 0 Å². The fraction of sp³-hybridized carbons (Fsp3) is 0.440. The van der Waals surface area contributed by atoms with Gasteiger partial charge in [-0.25, -0.2) is 0 Å². The highest BCUT2D eigenvalue weighted by atomic mass is 16.2. The van der Waals surface area contributed by atoms with E-state index in [0.29, 0.717) is 18.4 Å². The van der Waals surface area contributed by atoms with Gasteiger partial charge >= 0.3 is 0 Å². The Morgan fingerprint density at radius 3 is 2.50 bits per heavy atom. The molecule has 0 saturated heterocycles. The lowest BCUT2D eigenvalue weighted by molar-refractivity contribution is -0.128. The monoisotopic (exact) mass is 436 g/mol. The van der Waals surface area contributed by atoms with Gasteiger partial charge in [0.1, 0.15) is 6.04 Å². The van der Waals surface area contributed by atoms with Gasteiger partial charge in [0.05, 0.1) is 5.56 Å². The lowest BCUT2D eigenvalue weighted by Crippen LogP contribution is -2.52. The molecular formula is C25H32N4O3. The van der Waals surface area contributed by atoms with Gasteiger partial charge in [-0.15, -0.1) is 0 Å². The molecule has 0 aliphatic heterocycles. The lowest BCUT2D eigenvalue weighted by atomic mass is 9.84. The van der Waals surface area contributed by atoms with Gasteiger partial charge in [-0.1, -0.05) is 36.8 Å². The van der Waals surface area contributed by atoms with Gasteiger partial charge in [0.2, 0.25) is 11.8 Å². The largest absolute Gasteiger partial charge is 0.354 e. The molecule has 1 aromatic heterocycles. The maximum atomic E-state index is 13.2. The molecule has 1 heterocycles. The average molecular weight is 437 g/mol. The van der Waals surface area contributed by atoms with E-state index in [-0.39, 0.29) is 35.7 Å². The van der Waals surface area contributed by atoms with E-state index < -0.39 is 6.04 Å². The van der Waals surface area contributed by atoms with Crippen molar-refractivity contribution >= 4 is 17.7 Å². The molecule has 0 bridgehead atoms. The van der Waals surface area contributed by atoms with E-state index in [1.165, 1.54) is 6.20 Å². The van der Waals surface area contributed by atoms with Gasteiger partial charge in [-0.3, -0.25) is 19.4 Å². The summed E-state index contributed by atoms with van der Waals surface area (Å²) in [6.07, 6.45) is 6.60. The van der Waals surface area contributed by atoms with Crippen molar-refractivity contribution in [1.29, 1.82) is 0 Å². The van der Waals surface area contributed by atoms with Crippen molar-refractivity contribution in [2.75, 3.05) is 0 Å². The van der Waals surface area contributed by atoms with Gasteiger partial charge in [0, 0.05) is 36.8 Å². The zero-order chi connectivity index (χ0) is 22.9. The maximum absolute atomic E-state index is 13.2. The van der Waals surface area contributed by atoms with E-state index in [1.54, 1.807) is 18.3 Å². The molecule has 1 aliphatic rings. The maximum Gasteiger partial charge on any atom is 0.253 e. The first-order valence-electron chi connectivity index (χ1n) is 11.3. The number of nitrogens with one attached hydrogen (secondary N) is 3. The van der Waals surface area contributed by atoms with Crippen LogP contribution in [0.15, 0.2) is 54.9 Å². The van der Waals surface area contributed by atoms with Crippen LogP contribution in [0.1, 0.15) is 55.5 Å². The Morgan fingerprint density at radius 2 is 1.81 bits per heavy atom. The van der Waals surface area contributed by atoms with Crippen LogP contribution in [0, 0.1) is 5.92 Å². The second-order valence-electron chi connectivity index (χ2n) is 8.69. The zero-order valence-corrected chi connectivity index (χ0v) is 18.7. The van der Waals surface area contributed by atoms with Crippen molar-refractivity contribution in [3.63, 3.8) is 0 Å². The summed E-state index contributed by atoms with van der Waals surface area (Å²) in [5.41, 5.74) is 1.36. The molecule has 3 unspecified atom stereocenters. The van der Waals surface area contributed by atoms with Crippen molar-refractivity contribution in [3.05, 3.63) is 66.0 Å². The summed E-state index contributed by atoms with van der Waals surface area (Å²) in [5.74, 6) is -0.633. The molecule has 7 heteroatoms. The average Bonchev–Trinajstić information content (AvgIpc) is 2.79. The van der Waals surface area contributed by atoms with Crippen LogP contribution in [0.5, 0.6) is 0 Å². The third-order valence-corrected chi connectivity index (χ3v) is 5.65. The summed E-state index contributed by atoms with van der Waals surface area (Å²) >= 11 is 0. The number of benzene rings is 1. The topological polar surface area (TPSA) is 100 Å². The van der Waals surface area contributed by atoms with Crippen molar-refractivity contribution in [2.24, 2.45) is 5.92 Å². The van der Waals surface area contributed by atoms with Crippen molar-refractivity contribution in [1.82, 2.24) is 20.9 Å². The lowest BCUT2D eigenvalue weighted by Gasteiger charge is -2.31. The molecule has 1 aromatic carbocycles. The van der Waals surface area contributed by atoms with Crippen molar-refractivity contribution in [3.8, 4) is 0 Å². The fourth-order valence-corrected chi connectivity index (χ4v) is 4.06. The normalized spacial score (nSPS) is 19.1. The van der Waals surface area contributed by atoms with Crippen LogP contribution in [0.4, 0.5) is 0 Å². The van der Waals surface area contributed by atoms with Gasteiger partial charge in [-0.05, 0) is 50.8 Å². The number of hydrogen-bond donors (Lipinski definition) is 3. The molecule has 1 saturated carbocycles. The summed E-state index contributed by atoms with van der Waals surface area (Å²) in [4.78, 5) is 42.3. The molecule has 3 amide bonds. The number of aromatic nitrogens is 1. The highest BCUT2D eigenvalue weighted by molar-refractivity contribution is 5.97. The molecule has 170 valence electrons. The Hall–Kier alpha value is -3.22. The number of rotatable bonds is 8. The van der Waals surface area contributed by atoms with Crippen LogP contribution in [0.2, 0.25) is 0 Å². The minimum atomic E-state index is -0.727. The third kappa shape index (κ3) is 6.90. The van der Waals surface area contributed by atoms with Crippen molar-refractivity contribution in [2.45, 2.75) is 64.1 Å². The summed E-state index contributed by atoms with van der Waals surface area (Å²) in [6, 6.07) is 12.2. The highest BCUT2D eigenvalue weighted by Crippen LogP contribution is 2.25. The number of carbonyl (C=O) groups is 3. The quantitative estimate of drug-likeness (QED) is 0.592. The minimum Gasteiger partial charge on any atom is -0.354 e. The SMILES string of the molecule is CC(C)NC(=O)C1CCCC(NC(=O)C(Cc2ccccc2)NC(=O)c2cccnc2)C1. The molecule has 7 nitrogen and oxygen atoms in total. The fourth-order valence-electron chi connectivity index (χ4n) is 4.06. The van der Waals surface area contributed by atoms with Crippen LogP contribution in [0.3, 0.4) is 0 Å². The molecule has 1 aliphatic carbocycles. The van der Waals surface area contributed by atoms with Gasteiger partial charge < -0.3 is 16.0 Å². The van der Waals surface area contributed by atoms with E-state index in [2.05, 4.69) is 20.9 Å². The molecule has 3 rings (SSSR count). The smallest absolute Gasteiger partial charge is 0.253 e. The van der Waals surface area contributed by atoms with E-state index in [1.807, 2.05) is 44.2 Å².